The number of aryl methyl sites for hydroxylation is 1. The predicted molar refractivity (Wildman–Crippen MR) is 69.4 cm³/mol. The Morgan fingerprint density at radius 1 is 1.11 bits per heavy atom. The quantitative estimate of drug-likeness (QED) is 0.897. The molecule has 1 heterocycles. The Balaban J connectivity index is 2.30. The van der Waals surface area contributed by atoms with Crippen molar-refractivity contribution in [3.05, 3.63) is 36.2 Å². The Morgan fingerprint density at radius 3 is 2.50 bits per heavy atom. The van der Waals surface area contributed by atoms with Crippen LogP contribution in [0.4, 0.5) is 5.82 Å². The van der Waals surface area contributed by atoms with Crippen LogP contribution in [0.3, 0.4) is 0 Å². The molecule has 94 valence electrons. The maximum absolute atomic E-state index is 5.71. The normalized spacial score (nSPS) is 9.94. The van der Waals surface area contributed by atoms with Gasteiger partial charge in [-0.3, -0.25) is 0 Å². The van der Waals surface area contributed by atoms with Crippen molar-refractivity contribution in [1.82, 2.24) is 9.97 Å². The van der Waals surface area contributed by atoms with E-state index in [2.05, 4.69) is 15.3 Å². The summed E-state index contributed by atoms with van der Waals surface area (Å²) in [5, 5.41) is 2.96. The van der Waals surface area contributed by atoms with Gasteiger partial charge in [-0.05, 0) is 19.1 Å². The maximum Gasteiger partial charge on any atom is 0.224 e. The summed E-state index contributed by atoms with van der Waals surface area (Å²) in [6.45, 7) is 1.82. The van der Waals surface area contributed by atoms with Gasteiger partial charge in [0, 0.05) is 13.1 Å². The Kier molecular flexibility index (Phi) is 3.62. The second kappa shape index (κ2) is 5.35. The molecule has 0 aliphatic heterocycles. The number of hydrogen-bond donors (Lipinski definition) is 1. The van der Waals surface area contributed by atoms with Crippen molar-refractivity contribution in [2.45, 2.75) is 6.92 Å². The first-order chi connectivity index (χ1) is 8.72. The second-order valence-electron chi connectivity index (χ2n) is 3.64. The summed E-state index contributed by atoms with van der Waals surface area (Å²) in [6, 6.07) is 9.16. The fourth-order valence-corrected chi connectivity index (χ4v) is 1.54. The number of anilines is 1. The molecular weight excluding hydrogens is 230 g/mol. The van der Waals surface area contributed by atoms with E-state index in [1.54, 1.807) is 20.2 Å². The highest BCUT2D eigenvalue weighted by Crippen LogP contribution is 2.30. The highest BCUT2D eigenvalue weighted by atomic mass is 16.5. The topological polar surface area (TPSA) is 56.3 Å². The van der Waals surface area contributed by atoms with E-state index >= 15 is 0 Å². The van der Waals surface area contributed by atoms with Crippen LogP contribution in [0.5, 0.6) is 17.4 Å². The molecule has 0 saturated heterocycles. The number of para-hydroxylation sites is 2. The second-order valence-corrected chi connectivity index (χ2v) is 3.64. The molecule has 0 amide bonds. The summed E-state index contributed by atoms with van der Waals surface area (Å²) >= 11 is 0. The number of aromatic nitrogens is 2. The Labute approximate surface area is 106 Å². The van der Waals surface area contributed by atoms with Crippen molar-refractivity contribution in [3.63, 3.8) is 0 Å². The fourth-order valence-electron chi connectivity index (χ4n) is 1.54. The van der Waals surface area contributed by atoms with Gasteiger partial charge in [-0.15, -0.1) is 0 Å². The average Bonchev–Trinajstić information content (AvgIpc) is 2.38. The highest BCUT2D eigenvalue weighted by molar-refractivity contribution is 5.44. The van der Waals surface area contributed by atoms with Gasteiger partial charge < -0.3 is 14.8 Å². The molecule has 0 aliphatic rings. The van der Waals surface area contributed by atoms with Crippen LogP contribution in [0.15, 0.2) is 30.3 Å². The summed E-state index contributed by atoms with van der Waals surface area (Å²) in [5.41, 5.74) is 0. The van der Waals surface area contributed by atoms with Crippen molar-refractivity contribution >= 4 is 5.82 Å². The minimum atomic E-state index is 0.483. The minimum absolute atomic E-state index is 0.483. The van der Waals surface area contributed by atoms with Gasteiger partial charge >= 0.3 is 0 Å². The van der Waals surface area contributed by atoms with Crippen molar-refractivity contribution < 1.29 is 9.47 Å². The lowest BCUT2D eigenvalue weighted by atomic mass is 10.3. The smallest absolute Gasteiger partial charge is 0.224 e. The SMILES string of the molecule is CNc1cc(Oc2ccccc2OC)nc(C)n1. The number of methoxy groups -OCH3 is 1. The van der Waals surface area contributed by atoms with E-state index in [1.165, 1.54) is 0 Å². The predicted octanol–water partition coefficient (Wildman–Crippen LogP) is 2.63. The number of rotatable bonds is 4. The van der Waals surface area contributed by atoms with Crippen LogP contribution < -0.4 is 14.8 Å². The molecule has 1 aromatic carbocycles. The molecule has 0 bridgehead atoms. The van der Waals surface area contributed by atoms with E-state index in [9.17, 15) is 0 Å². The van der Waals surface area contributed by atoms with Crippen LogP contribution in [0.2, 0.25) is 0 Å². The van der Waals surface area contributed by atoms with E-state index in [1.807, 2.05) is 31.2 Å². The van der Waals surface area contributed by atoms with Crippen LogP contribution in [0.25, 0.3) is 0 Å². The molecule has 18 heavy (non-hydrogen) atoms. The van der Waals surface area contributed by atoms with Gasteiger partial charge in [0.2, 0.25) is 5.88 Å². The summed E-state index contributed by atoms with van der Waals surface area (Å²) in [6.07, 6.45) is 0. The third kappa shape index (κ3) is 2.68. The molecule has 2 aromatic rings. The number of ether oxygens (including phenoxy) is 2. The molecule has 0 aliphatic carbocycles. The molecule has 5 nitrogen and oxygen atoms in total. The Hall–Kier alpha value is -2.30. The van der Waals surface area contributed by atoms with Crippen molar-refractivity contribution in [2.24, 2.45) is 0 Å². The van der Waals surface area contributed by atoms with Crippen molar-refractivity contribution in [1.29, 1.82) is 0 Å². The average molecular weight is 245 g/mol. The molecule has 5 heteroatoms. The zero-order valence-corrected chi connectivity index (χ0v) is 10.6. The molecule has 0 spiro atoms. The van der Waals surface area contributed by atoms with Gasteiger partial charge in [0.05, 0.1) is 7.11 Å². The zero-order chi connectivity index (χ0) is 13.0. The molecule has 0 unspecified atom stereocenters. The number of hydrogen-bond acceptors (Lipinski definition) is 5. The summed E-state index contributed by atoms with van der Waals surface area (Å²) in [4.78, 5) is 8.43. The van der Waals surface area contributed by atoms with Crippen LogP contribution >= 0.6 is 0 Å². The van der Waals surface area contributed by atoms with Gasteiger partial charge in [0.25, 0.3) is 0 Å². The molecular formula is C13H15N3O2. The molecule has 1 aromatic heterocycles. The molecule has 0 saturated carbocycles. The van der Waals surface area contributed by atoms with Crippen LogP contribution in [0, 0.1) is 6.92 Å². The lowest BCUT2D eigenvalue weighted by molar-refractivity contribution is 0.373. The third-order valence-corrected chi connectivity index (χ3v) is 2.35. The maximum atomic E-state index is 5.71. The van der Waals surface area contributed by atoms with Crippen LogP contribution in [-0.2, 0) is 0 Å². The molecule has 0 radical (unpaired) electrons. The molecule has 1 N–H and O–H groups in total. The highest BCUT2D eigenvalue weighted by Gasteiger charge is 2.07. The van der Waals surface area contributed by atoms with E-state index in [-0.39, 0.29) is 0 Å². The summed E-state index contributed by atoms with van der Waals surface area (Å²) < 4.78 is 10.9. The molecule has 0 atom stereocenters. The monoisotopic (exact) mass is 245 g/mol. The van der Waals surface area contributed by atoms with Gasteiger partial charge in [-0.25, -0.2) is 4.98 Å². The third-order valence-electron chi connectivity index (χ3n) is 2.35. The van der Waals surface area contributed by atoms with Crippen LogP contribution in [0.1, 0.15) is 5.82 Å². The van der Waals surface area contributed by atoms with Gasteiger partial charge in [-0.1, -0.05) is 12.1 Å². The Morgan fingerprint density at radius 2 is 1.83 bits per heavy atom. The first-order valence-corrected chi connectivity index (χ1v) is 5.57. The van der Waals surface area contributed by atoms with Gasteiger partial charge in [0.15, 0.2) is 11.5 Å². The standard InChI is InChI=1S/C13H15N3O2/c1-9-15-12(14-2)8-13(16-9)18-11-7-5-4-6-10(11)17-3/h4-8H,1-3H3,(H,14,15,16). The molecule has 0 fully saturated rings. The van der Waals surface area contributed by atoms with Gasteiger partial charge in [-0.2, -0.15) is 4.98 Å². The summed E-state index contributed by atoms with van der Waals surface area (Å²) in [7, 11) is 3.40. The number of nitrogens with one attached hydrogen (secondary N) is 1. The lowest BCUT2D eigenvalue weighted by Crippen LogP contribution is -1.99. The van der Waals surface area contributed by atoms with Gasteiger partial charge in [0.1, 0.15) is 11.6 Å². The van der Waals surface area contributed by atoms with E-state index in [0.29, 0.717) is 29.0 Å². The van der Waals surface area contributed by atoms with E-state index in [4.69, 9.17) is 9.47 Å². The van der Waals surface area contributed by atoms with E-state index < -0.39 is 0 Å². The van der Waals surface area contributed by atoms with E-state index in [0.717, 1.165) is 0 Å². The van der Waals surface area contributed by atoms with Crippen molar-refractivity contribution in [2.75, 3.05) is 19.5 Å². The summed E-state index contributed by atoms with van der Waals surface area (Å²) in [5.74, 6) is 3.13. The first-order valence-electron chi connectivity index (χ1n) is 5.57. The molecule has 2 rings (SSSR count). The first kappa shape index (κ1) is 12.2. The van der Waals surface area contributed by atoms with Crippen molar-refractivity contribution in [3.8, 4) is 17.4 Å². The van der Waals surface area contributed by atoms with Crippen LogP contribution in [-0.4, -0.2) is 24.1 Å². The zero-order valence-electron chi connectivity index (χ0n) is 10.6. The fraction of sp³-hybridized carbons (Fsp3) is 0.231. The Bertz CT molecular complexity index is 544. The number of nitrogens with zero attached hydrogens (tertiary/aromatic N) is 2. The number of benzene rings is 1. The largest absolute Gasteiger partial charge is 0.493 e. The lowest BCUT2D eigenvalue weighted by Gasteiger charge is -2.10. The minimum Gasteiger partial charge on any atom is -0.493 e.